The highest BCUT2D eigenvalue weighted by atomic mass is 16.2. The van der Waals surface area contributed by atoms with E-state index in [-0.39, 0.29) is 5.91 Å². The molecule has 0 fully saturated rings. The highest BCUT2D eigenvalue weighted by Gasteiger charge is 2.19. The van der Waals surface area contributed by atoms with Gasteiger partial charge in [-0.2, -0.15) is 0 Å². The van der Waals surface area contributed by atoms with E-state index in [1.165, 1.54) is 11.1 Å². The van der Waals surface area contributed by atoms with Crippen molar-refractivity contribution in [1.29, 1.82) is 0 Å². The fourth-order valence-electron chi connectivity index (χ4n) is 2.40. The number of hydrogen-bond donors (Lipinski definition) is 1. The van der Waals surface area contributed by atoms with E-state index in [2.05, 4.69) is 23.2 Å². The van der Waals surface area contributed by atoms with Gasteiger partial charge < -0.3 is 9.88 Å². The van der Waals surface area contributed by atoms with Gasteiger partial charge in [-0.1, -0.05) is 36.4 Å². The first-order valence-corrected chi connectivity index (χ1v) is 6.52. The molecule has 0 saturated heterocycles. The number of H-pyrrole nitrogens is 1. The lowest BCUT2D eigenvalue weighted by molar-refractivity contribution is 0.0768. The molecule has 3 nitrogen and oxygen atoms in total. The Morgan fingerprint density at radius 1 is 1.11 bits per heavy atom. The molecule has 3 heteroatoms. The molecule has 0 radical (unpaired) electrons. The lowest BCUT2D eigenvalue weighted by Crippen LogP contribution is -2.34. The van der Waals surface area contributed by atoms with Crippen LogP contribution in [0.4, 0.5) is 0 Å². The van der Waals surface area contributed by atoms with Crippen LogP contribution in [0.15, 0.2) is 54.7 Å². The Hall–Kier alpha value is -2.29. The van der Waals surface area contributed by atoms with Crippen molar-refractivity contribution in [2.24, 2.45) is 0 Å². The Morgan fingerprint density at radius 2 is 1.95 bits per heavy atom. The summed E-state index contributed by atoms with van der Waals surface area (Å²) in [6.07, 6.45) is 4.85. The number of hydrogen-bond acceptors (Lipinski definition) is 1. The number of aromatic amines is 1. The molecular formula is C16H16N2O. The van der Waals surface area contributed by atoms with Gasteiger partial charge in [0.1, 0.15) is 5.69 Å². The van der Waals surface area contributed by atoms with Crippen molar-refractivity contribution < 1.29 is 4.79 Å². The minimum Gasteiger partial charge on any atom is -0.357 e. The molecule has 1 aliphatic rings. The average Bonchev–Trinajstić information content (AvgIpc) is 3.02. The maximum absolute atomic E-state index is 12.2. The van der Waals surface area contributed by atoms with E-state index in [1.807, 2.05) is 35.2 Å². The van der Waals surface area contributed by atoms with Gasteiger partial charge in [0.25, 0.3) is 5.91 Å². The number of nitrogens with one attached hydrogen (secondary N) is 1. The van der Waals surface area contributed by atoms with Gasteiger partial charge in [0.15, 0.2) is 0 Å². The SMILES string of the molecule is O=C(c1ccc[nH]1)N1CC=C(c2ccccc2)CC1. The summed E-state index contributed by atoms with van der Waals surface area (Å²) in [6, 6.07) is 14.0. The van der Waals surface area contributed by atoms with Crippen molar-refractivity contribution >= 4 is 11.5 Å². The van der Waals surface area contributed by atoms with Crippen LogP contribution in [0.2, 0.25) is 0 Å². The van der Waals surface area contributed by atoms with Gasteiger partial charge in [0.05, 0.1) is 0 Å². The van der Waals surface area contributed by atoms with E-state index in [1.54, 1.807) is 6.20 Å². The predicted octanol–water partition coefficient (Wildman–Crippen LogP) is 2.94. The zero-order valence-corrected chi connectivity index (χ0v) is 10.7. The number of rotatable bonds is 2. The van der Waals surface area contributed by atoms with E-state index in [0.29, 0.717) is 12.2 Å². The molecule has 0 saturated carbocycles. The van der Waals surface area contributed by atoms with Crippen LogP contribution in [0.3, 0.4) is 0 Å². The normalized spacial score (nSPS) is 15.2. The van der Waals surface area contributed by atoms with Crippen LogP contribution in [-0.4, -0.2) is 28.9 Å². The molecule has 0 atom stereocenters. The first-order valence-electron chi connectivity index (χ1n) is 6.52. The molecule has 0 bridgehead atoms. The van der Waals surface area contributed by atoms with Crippen LogP contribution < -0.4 is 0 Å². The van der Waals surface area contributed by atoms with Gasteiger partial charge in [-0.15, -0.1) is 0 Å². The molecule has 1 amide bonds. The molecule has 0 aliphatic carbocycles. The van der Waals surface area contributed by atoms with Gasteiger partial charge in [-0.3, -0.25) is 4.79 Å². The van der Waals surface area contributed by atoms with Gasteiger partial charge in [-0.05, 0) is 29.7 Å². The monoisotopic (exact) mass is 252 g/mol. The third-order valence-electron chi connectivity index (χ3n) is 3.47. The Morgan fingerprint density at radius 3 is 2.58 bits per heavy atom. The Balaban J connectivity index is 1.72. The van der Waals surface area contributed by atoms with Crippen molar-refractivity contribution in [1.82, 2.24) is 9.88 Å². The molecule has 3 rings (SSSR count). The lowest BCUT2D eigenvalue weighted by Gasteiger charge is -2.26. The Kier molecular flexibility index (Phi) is 3.19. The Labute approximate surface area is 112 Å². The molecule has 0 spiro atoms. The lowest BCUT2D eigenvalue weighted by atomic mass is 9.99. The molecule has 1 aromatic carbocycles. The molecule has 2 heterocycles. The van der Waals surface area contributed by atoms with Gasteiger partial charge in [0.2, 0.25) is 0 Å². The number of benzene rings is 1. The molecule has 1 N–H and O–H groups in total. The molecule has 96 valence electrons. The van der Waals surface area contributed by atoms with Crippen LogP contribution in [0.5, 0.6) is 0 Å². The maximum atomic E-state index is 12.2. The number of carbonyl (C=O) groups is 1. The van der Waals surface area contributed by atoms with Gasteiger partial charge in [-0.25, -0.2) is 0 Å². The van der Waals surface area contributed by atoms with Gasteiger partial charge >= 0.3 is 0 Å². The fourth-order valence-corrected chi connectivity index (χ4v) is 2.40. The number of nitrogens with zero attached hydrogens (tertiary/aromatic N) is 1. The van der Waals surface area contributed by atoms with Gasteiger partial charge in [0, 0.05) is 19.3 Å². The van der Waals surface area contributed by atoms with E-state index < -0.39 is 0 Å². The van der Waals surface area contributed by atoms with Crippen LogP contribution in [0.25, 0.3) is 5.57 Å². The van der Waals surface area contributed by atoms with Crippen molar-refractivity contribution in [2.75, 3.05) is 13.1 Å². The first-order chi connectivity index (χ1) is 9.34. The van der Waals surface area contributed by atoms with Crippen LogP contribution in [-0.2, 0) is 0 Å². The summed E-state index contributed by atoms with van der Waals surface area (Å²) < 4.78 is 0. The predicted molar refractivity (Wildman–Crippen MR) is 75.7 cm³/mol. The first kappa shape index (κ1) is 11.8. The number of carbonyl (C=O) groups excluding carboxylic acids is 1. The smallest absolute Gasteiger partial charge is 0.270 e. The molecule has 19 heavy (non-hydrogen) atoms. The number of aromatic nitrogens is 1. The van der Waals surface area contributed by atoms with Crippen molar-refractivity contribution in [2.45, 2.75) is 6.42 Å². The summed E-state index contributed by atoms with van der Waals surface area (Å²) in [5.74, 6) is 0.0772. The zero-order chi connectivity index (χ0) is 13.1. The Bertz CT molecular complexity index is 584. The molecule has 0 unspecified atom stereocenters. The summed E-state index contributed by atoms with van der Waals surface area (Å²) in [4.78, 5) is 17.0. The summed E-state index contributed by atoms with van der Waals surface area (Å²) >= 11 is 0. The van der Waals surface area contributed by atoms with E-state index in [4.69, 9.17) is 0 Å². The zero-order valence-electron chi connectivity index (χ0n) is 10.7. The van der Waals surface area contributed by atoms with E-state index in [0.717, 1.165) is 13.0 Å². The highest BCUT2D eigenvalue weighted by Crippen LogP contribution is 2.22. The maximum Gasteiger partial charge on any atom is 0.270 e. The molecule has 1 aromatic heterocycles. The third-order valence-corrected chi connectivity index (χ3v) is 3.47. The minimum atomic E-state index is 0.0772. The highest BCUT2D eigenvalue weighted by molar-refractivity contribution is 5.93. The summed E-state index contributed by atoms with van der Waals surface area (Å²) in [6.45, 7) is 1.46. The van der Waals surface area contributed by atoms with E-state index >= 15 is 0 Å². The number of amides is 1. The average molecular weight is 252 g/mol. The van der Waals surface area contributed by atoms with E-state index in [9.17, 15) is 4.79 Å². The summed E-state index contributed by atoms with van der Waals surface area (Å²) in [5.41, 5.74) is 3.25. The summed E-state index contributed by atoms with van der Waals surface area (Å²) in [5, 5.41) is 0. The molecular weight excluding hydrogens is 236 g/mol. The molecule has 2 aromatic rings. The standard InChI is InChI=1S/C16H16N2O/c19-16(15-7-4-10-17-15)18-11-8-14(9-12-18)13-5-2-1-3-6-13/h1-8,10,17H,9,11-12H2. The second-order valence-corrected chi connectivity index (χ2v) is 4.68. The summed E-state index contributed by atoms with van der Waals surface area (Å²) in [7, 11) is 0. The fraction of sp³-hybridized carbons (Fsp3) is 0.188. The van der Waals surface area contributed by atoms with Crippen LogP contribution >= 0.6 is 0 Å². The van der Waals surface area contributed by atoms with Crippen LogP contribution in [0, 0.1) is 0 Å². The van der Waals surface area contributed by atoms with Crippen molar-refractivity contribution in [3.63, 3.8) is 0 Å². The minimum absolute atomic E-state index is 0.0772. The van der Waals surface area contributed by atoms with Crippen molar-refractivity contribution in [3.8, 4) is 0 Å². The van der Waals surface area contributed by atoms with Crippen molar-refractivity contribution in [3.05, 3.63) is 66.0 Å². The largest absolute Gasteiger partial charge is 0.357 e. The topological polar surface area (TPSA) is 36.1 Å². The second-order valence-electron chi connectivity index (χ2n) is 4.68. The quantitative estimate of drug-likeness (QED) is 0.876. The third kappa shape index (κ3) is 2.45. The molecule has 1 aliphatic heterocycles. The second kappa shape index (κ2) is 5.14. The van der Waals surface area contributed by atoms with Crippen LogP contribution in [0.1, 0.15) is 22.5 Å².